The van der Waals surface area contributed by atoms with Gasteiger partial charge in [0.2, 0.25) is 5.91 Å². The Kier molecular flexibility index (Phi) is 2.87. The molecule has 0 aromatic rings. The predicted molar refractivity (Wildman–Crippen MR) is 44.0 cm³/mol. The van der Waals surface area contributed by atoms with Crippen LogP contribution >= 0.6 is 0 Å². The van der Waals surface area contributed by atoms with E-state index >= 15 is 0 Å². The first-order valence-electron chi connectivity index (χ1n) is 4.17. The molecule has 0 aliphatic carbocycles. The number of aliphatic carboxylic acids is 1. The molecule has 1 rings (SSSR count). The van der Waals surface area contributed by atoms with Crippen molar-refractivity contribution in [3.05, 3.63) is 0 Å². The number of rotatable bonds is 2. The molecule has 5 heteroatoms. The molecular formula is C8H13NO4. The summed E-state index contributed by atoms with van der Waals surface area (Å²) in [5.41, 5.74) is 0. The number of likely N-dealkylation sites (N-methyl/N-ethyl adjacent to an activating group) is 1. The lowest BCUT2D eigenvalue weighted by molar-refractivity contribution is -0.152. The number of aliphatic hydroxyl groups is 1. The highest BCUT2D eigenvalue weighted by Crippen LogP contribution is 2.23. The summed E-state index contributed by atoms with van der Waals surface area (Å²) in [6.45, 7) is -0.292. The minimum Gasteiger partial charge on any atom is -0.481 e. The Morgan fingerprint density at radius 3 is 2.77 bits per heavy atom. The van der Waals surface area contributed by atoms with Gasteiger partial charge >= 0.3 is 5.97 Å². The zero-order valence-corrected chi connectivity index (χ0v) is 7.43. The van der Waals surface area contributed by atoms with E-state index in [2.05, 4.69) is 0 Å². The van der Waals surface area contributed by atoms with E-state index in [4.69, 9.17) is 10.2 Å². The lowest BCUT2D eigenvalue weighted by atomic mass is 9.90. The van der Waals surface area contributed by atoms with Crippen molar-refractivity contribution >= 4 is 11.9 Å². The summed E-state index contributed by atoms with van der Waals surface area (Å²) in [6.07, 6.45) is 0.577. The number of aliphatic hydroxyl groups excluding tert-OH is 1. The SMILES string of the molecule is CN1C(=O)CC[C@@H](C(=O)O)[C@@H]1CO. The standard InChI is InChI=1S/C8H13NO4/c1-9-6(4-10)5(8(12)13)2-3-7(9)11/h5-6,10H,2-4H2,1H3,(H,12,13)/t5-,6+/m1/s1. The number of piperidine rings is 1. The highest BCUT2D eigenvalue weighted by atomic mass is 16.4. The van der Waals surface area contributed by atoms with Gasteiger partial charge < -0.3 is 15.1 Å². The van der Waals surface area contributed by atoms with Gasteiger partial charge in [0.1, 0.15) is 0 Å². The largest absolute Gasteiger partial charge is 0.481 e. The molecule has 0 radical (unpaired) electrons. The number of carboxylic acids is 1. The second-order valence-electron chi connectivity index (χ2n) is 3.24. The molecule has 0 spiro atoms. The van der Waals surface area contributed by atoms with E-state index in [9.17, 15) is 9.59 Å². The third kappa shape index (κ3) is 1.80. The smallest absolute Gasteiger partial charge is 0.308 e. The summed E-state index contributed by atoms with van der Waals surface area (Å²) in [5, 5.41) is 17.7. The summed E-state index contributed by atoms with van der Waals surface area (Å²) < 4.78 is 0. The lowest BCUT2D eigenvalue weighted by Gasteiger charge is -2.35. The predicted octanol–water partition coefficient (Wildman–Crippen LogP) is -0.700. The van der Waals surface area contributed by atoms with Gasteiger partial charge in [-0.05, 0) is 6.42 Å². The molecule has 1 fully saturated rings. The monoisotopic (exact) mass is 187 g/mol. The van der Waals surface area contributed by atoms with Crippen molar-refractivity contribution in [2.45, 2.75) is 18.9 Å². The fourth-order valence-electron chi connectivity index (χ4n) is 1.64. The molecule has 2 atom stereocenters. The van der Waals surface area contributed by atoms with Crippen LogP contribution in [0.5, 0.6) is 0 Å². The van der Waals surface area contributed by atoms with E-state index in [-0.39, 0.29) is 18.9 Å². The van der Waals surface area contributed by atoms with E-state index in [1.807, 2.05) is 0 Å². The molecule has 0 unspecified atom stereocenters. The minimum atomic E-state index is -0.946. The maximum absolute atomic E-state index is 11.2. The zero-order chi connectivity index (χ0) is 10.0. The Balaban J connectivity index is 2.77. The van der Waals surface area contributed by atoms with E-state index in [1.165, 1.54) is 11.9 Å². The Bertz CT molecular complexity index is 228. The fourth-order valence-corrected chi connectivity index (χ4v) is 1.64. The lowest BCUT2D eigenvalue weighted by Crippen LogP contribution is -2.50. The molecule has 0 aromatic carbocycles. The normalized spacial score (nSPS) is 29.1. The van der Waals surface area contributed by atoms with Crippen molar-refractivity contribution in [3.63, 3.8) is 0 Å². The molecule has 0 saturated carbocycles. The molecule has 1 heterocycles. The first-order valence-corrected chi connectivity index (χ1v) is 4.17. The van der Waals surface area contributed by atoms with Crippen LogP contribution in [0.3, 0.4) is 0 Å². The van der Waals surface area contributed by atoms with Crippen LogP contribution in [0.15, 0.2) is 0 Å². The van der Waals surface area contributed by atoms with Crippen molar-refractivity contribution in [2.75, 3.05) is 13.7 Å². The Morgan fingerprint density at radius 1 is 1.69 bits per heavy atom. The maximum Gasteiger partial charge on any atom is 0.308 e. The number of nitrogens with zero attached hydrogens (tertiary/aromatic N) is 1. The molecular weight excluding hydrogens is 174 g/mol. The van der Waals surface area contributed by atoms with Gasteiger partial charge in [0.25, 0.3) is 0 Å². The number of carboxylic acid groups (broad SMARTS) is 1. The number of carbonyl (C=O) groups is 2. The number of amides is 1. The zero-order valence-electron chi connectivity index (χ0n) is 7.43. The second kappa shape index (κ2) is 3.74. The maximum atomic E-state index is 11.2. The van der Waals surface area contributed by atoms with Crippen molar-refractivity contribution in [1.29, 1.82) is 0 Å². The molecule has 0 aromatic heterocycles. The molecule has 5 nitrogen and oxygen atoms in total. The highest BCUT2D eigenvalue weighted by Gasteiger charge is 2.37. The Morgan fingerprint density at radius 2 is 2.31 bits per heavy atom. The van der Waals surface area contributed by atoms with E-state index < -0.39 is 17.9 Å². The summed E-state index contributed by atoms with van der Waals surface area (Å²) in [6, 6.07) is -0.571. The van der Waals surface area contributed by atoms with Gasteiger partial charge in [-0.1, -0.05) is 0 Å². The molecule has 1 saturated heterocycles. The van der Waals surface area contributed by atoms with Crippen LogP contribution in [-0.4, -0.2) is 46.7 Å². The average molecular weight is 187 g/mol. The molecule has 2 N–H and O–H groups in total. The van der Waals surface area contributed by atoms with Crippen LogP contribution < -0.4 is 0 Å². The van der Waals surface area contributed by atoms with Gasteiger partial charge in [-0.25, -0.2) is 0 Å². The van der Waals surface area contributed by atoms with Gasteiger partial charge in [-0.15, -0.1) is 0 Å². The summed E-state index contributed by atoms with van der Waals surface area (Å²) in [7, 11) is 1.53. The van der Waals surface area contributed by atoms with Crippen molar-refractivity contribution in [2.24, 2.45) is 5.92 Å². The van der Waals surface area contributed by atoms with Crippen molar-refractivity contribution < 1.29 is 19.8 Å². The highest BCUT2D eigenvalue weighted by molar-refractivity contribution is 5.81. The van der Waals surface area contributed by atoms with Crippen LogP contribution in [0.2, 0.25) is 0 Å². The van der Waals surface area contributed by atoms with Gasteiger partial charge in [0.05, 0.1) is 18.6 Å². The topological polar surface area (TPSA) is 77.8 Å². The second-order valence-corrected chi connectivity index (χ2v) is 3.24. The molecule has 1 amide bonds. The summed E-state index contributed by atoms with van der Waals surface area (Å²) in [4.78, 5) is 23.2. The number of likely N-dealkylation sites (tertiary alicyclic amines) is 1. The summed E-state index contributed by atoms with van der Waals surface area (Å²) >= 11 is 0. The molecule has 0 bridgehead atoms. The van der Waals surface area contributed by atoms with Gasteiger partial charge in [0.15, 0.2) is 0 Å². The van der Waals surface area contributed by atoms with E-state index in [0.717, 1.165) is 0 Å². The molecule has 74 valence electrons. The molecule has 13 heavy (non-hydrogen) atoms. The van der Waals surface area contributed by atoms with Crippen LogP contribution in [0, 0.1) is 5.92 Å². The Hall–Kier alpha value is -1.10. The fraction of sp³-hybridized carbons (Fsp3) is 0.750. The average Bonchev–Trinajstić information content (AvgIpc) is 2.09. The van der Waals surface area contributed by atoms with E-state index in [0.29, 0.717) is 6.42 Å². The third-order valence-corrected chi connectivity index (χ3v) is 2.53. The van der Waals surface area contributed by atoms with Gasteiger partial charge in [-0.2, -0.15) is 0 Å². The van der Waals surface area contributed by atoms with Crippen molar-refractivity contribution in [1.82, 2.24) is 4.90 Å². The van der Waals surface area contributed by atoms with Crippen molar-refractivity contribution in [3.8, 4) is 0 Å². The Labute approximate surface area is 76.0 Å². The quantitative estimate of drug-likeness (QED) is 0.599. The first kappa shape index (κ1) is 9.98. The summed E-state index contributed by atoms with van der Waals surface area (Å²) in [5.74, 6) is -1.68. The van der Waals surface area contributed by atoms with Gasteiger partial charge in [-0.3, -0.25) is 9.59 Å². The third-order valence-electron chi connectivity index (χ3n) is 2.53. The van der Waals surface area contributed by atoms with Gasteiger partial charge in [0, 0.05) is 13.5 Å². The molecule has 1 aliphatic heterocycles. The number of carbonyl (C=O) groups excluding carboxylic acids is 1. The molecule has 1 aliphatic rings. The first-order chi connectivity index (χ1) is 6.07. The number of hydrogen-bond donors (Lipinski definition) is 2. The minimum absolute atomic E-state index is 0.100. The van der Waals surface area contributed by atoms with Crippen LogP contribution in [0.1, 0.15) is 12.8 Å². The number of hydrogen-bond acceptors (Lipinski definition) is 3. The van der Waals surface area contributed by atoms with Crippen LogP contribution in [0.25, 0.3) is 0 Å². The van der Waals surface area contributed by atoms with Crippen LogP contribution in [0.4, 0.5) is 0 Å². The van der Waals surface area contributed by atoms with Crippen LogP contribution in [-0.2, 0) is 9.59 Å². The van der Waals surface area contributed by atoms with E-state index in [1.54, 1.807) is 0 Å².